The predicted octanol–water partition coefficient (Wildman–Crippen LogP) is 2.55. The van der Waals surface area contributed by atoms with Crippen LogP contribution in [0.4, 0.5) is 4.39 Å². The van der Waals surface area contributed by atoms with Gasteiger partial charge in [0.05, 0.1) is 11.6 Å². The number of carboxylic acid groups (broad SMARTS) is 1. The minimum atomic E-state index is -0.945. The van der Waals surface area contributed by atoms with E-state index >= 15 is 0 Å². The zero-order valence-corrected chi connectivity index (χ0v) is 9.95. The first kappa shape index (κ1) is 13.7. The topological polar surface area (TPSA) is 40.5 Å². The van der Waals surface area contributed by atoms with Crippen molar-refractivity contribution in [1.82, 2.24) is 4.90 Å². The summed E-state index contributed by atoms with van der Waals surface area (Å²) in [7, 11) is 0. The van der Waals surface area contributed by atoms with Gasteiger partial charge in [-0.3, -0.25) is 9.69 Å². The summed E-state index contributed by atoms with van der Waals surface area (Å²) in [6, 6.07) is 4.48. The molecule has 0 aliphatic rings. The lowest BCUT2D eigenvalue weighted by atomic mass is 10.2. The van der Waals surface area contributed by atoms with Gasteiger partial charge in [-0.2, -0.15) is 0 Å². The number of hydrogen-bond acceptors (Lipinski definition) is 2. The van der Waals surface area contributed by atoms with E-state index in [0.717, 1.165) is 0 Å². The van der Waals surface area contributed by atoms with E-state index in [4.69, 9.17) is 16.7 Å². The largest absolute Gasteiger partial charge is 0.480 e. The van der Waals surface area contributed by atoms with Gasteiger partial charge in [0.2, 0.25) is 0 Å². The third kappa shape index (κ3) is 4.17. The van der Waals surface area contributed by atoms with Gasteiger partial charge in [0.15, 0.2) is 0 Å². The lowest BCUT2D eigenvalue weighted by Crippen LogP contribution is -2.29. The maximum absolute atomic E-state index is 13.2. The molecule has 0 aliphatic heterocycles. The van der Waals surface area contributed by atoms with Gasteiger partial charge in [-0.05, 0) is 11.6 Å². The van der Waals surface area contributed by atoms with Gasteiger partial charge in [-0.15, -0.1) is 6.58 Å². The molecule has 0 unspecified atom stereocenters. The van der Waals surface area contributed by atoms with Crippen LogP contribution in [0.1, 0.15) is 5.56 Å². The normalized spacial score (nSPS) is 10.5. The Kier molecular flexibility index (Phi) is 5.12. The second kappa shape index (κ2) is 6.37. The molecule has 92 valence electrons. The lowest BCUT2D eigenvalue weighted by Gasteiger charge is -2.19. The minimum absolute atomic E-state index is 0.0342. The molecule has 0 aromatic heterocycles. The predicted molar refractivity (Wildman–Crippen MR) is 64.5 cm³/mol. The van der Waals surface area contributed by atoms with E-state index in [1.807, 2.05) is 0 Å². The lowest BCUT2D eigenvalue weighted by molar-refractivity contribution is -0.138. The summed E-state index contributed by atoms with van der Waals surface area (Å²) in [5.41, 5.74) is 0.565. The molecule has 0 spiro atoms. The molecule has 0 bridgehead atoms. The molecule has 0 saturated heterocycles. The molecule has 0 radical (unpaired) electrons. The molecule has 17 heavy (non-hydrogen) atoms. The molecule has 0 fully saturated rings. The smallest absolute Gasteiger partial charge is 0.317 e. The second-order valence-electron chi connectivity index (χ2n) is 3.56. The summed E-state index contributed by atoms with van der Waals surface area (Å²) in [5.74, 6) is -1.45. The van der Waals surface area contributed by atoms with Crippen molar-refractivity contribution in [2.75, 3.05) is 13.1 Å². The summed E-state index contributed by atoms with van der Waals surface area (Å²) in [6.07, 6.45) is 1.59. The Bertz CT molecular complexity index is 423. The Balaban J connectivity index is 2.81. The van der Waals surface area contributed by atoms with Crippen LogP contribution in [-0.2, 0) is 11.3 Å². The van der Waals surface area contributed by atoms with E-state index in [9.17, 15) is 9.18 Å². The quantitative estimate of drug-likeness (QED) is 0.797. The number of carbonyl (C=O) groups is 1. The molecule has 0 amide bonds. The van der Waals surface area contributed by atoms with E-state index < -0.39 is 11.8 Å². The summed E-state index contributed by atoms with van der Waals surface area (Å²) >= 11 is 5.80. The van der Waals surface area contributed by atoms with Crippen LogP contribution in [0.5, 0.6) is 0 Å². The molecule has 1 aromatic rings. The molecule has 3 nitrogen and oxygen atoms in total. The van der Waals surface area contributed by atoms with Crippen molar-refractivity contribution in [3.05, 3.63) is 47.3 Å². The first-order valence-corrected chi connectivity index (χ1v) is 5.40. The van der Waals surface area contributed by atoms with Crippen molar-refractivity contribution in [3.63, 3.8) is 0 Å². The molecule has 0 saturated carbocycles. The van der Waals surface area contributed by atoms with Crippen molar-refractivity contribution in [1.29, 1.82) is 0 Å². The van der Waals surface area contributed by atoms with Gasteiger partial charge in [0.1, 0.15) is 5.82 Å². The zero-order valence-electron chi connectivity index (χ0n) is 9.20. The zero-order chi connectivity index (χ0) is 12.8. The highest BCUT2D eigenvalue weighted by molar-refractivity contribution is 6.31. The maximum atomic E-state index is 13.2. The molecule has 5 heteroatoms. The van der Waals surface area contributed by atoms with Crippen LogP contribution in [0.15, 0.2) is 30.9 Å². The van der Waals surface area contributed by atoms with Gasteiger partial charge in [0, 0.05) is 13.1 Å². The number of benzene rings is 1. The fourth-order valence-electron chi connectivity index (χ4n) is 1.47. The van der Waals surface area contributed by atoms with E-state index in [0.29, 0.717) is 12.1 Å². The fourth-order valence-corrected chi connectivity index (χ4v) is 1.66. The molecule has 0 heterocycles. The van der Waals surface area contributed by atoms with Crippen molar-refractivity contribution < 1.29 is 14.3 Å². The summed E-state index contributed by atoms with van der Waals surface area (Å²) in [6.45, 7) is 4.08. The van der Waals surface area contributed by atoms with Gasteiger partial charge >= 0.3 is 5.97 Å². The van der Waals surface area contributed by atoms with Crippen LogP contribution in [0.2, 0.25) is 5.02 Å². The highest BCUT2D eigenvalue weighted by Gasteiger charge is 2.12. The Hall–Kier alpha value is -1.39. The first-order valence-electron chi connectivity index (χ1n) is 5.02. The second-order valence-corrected chi connectivity index (χ2v) is 3.94. The Labute approximate surface area is 104 Å². The van der Waals surface area contributed by atoms with Crippen LogP contribution < -0.4 is 0 Å². The van der Waals surface area contributed by atoms with Crippen LogP contribution in [-0.4, -0.2) is 29.1 Å². The van der Waals surface area contributed by atoms with E-state index in [1.54, 1.807) is 23.1 Å². The fraction of sp³-hybridized carbons (Fsp3) is 0.250. The standard InChI is InChI=1S/C12H13ClFNO2/c1-2-6-15(8-11(16)17)7-9-4-3-5-10(14)12(9)13/h2-5H,1,6-8H2,(H,16,17). The van der Waals surface area contributed by atoms with Crippen LogP contribution in [0.3, 0.4) is 0 Å². The molecular weight excluding hydrogens is 245 g/mol. The first-order chi connectivity index (χ1) is 8.04. The molecule has 1 aromatic carbocycles. The number of nitrogens with zero attached hydrogens (tertiary/aromatic N) is 1. The van der Waals surface area contributed by atoms with Gasteiger partial charge in [-0.1, -0.05) is 29.8 Å². The van der Waals surface area contributed by atoms with Crippen molar-refractivity contribution in [2.24, 2.45) is 0 Å². The SMILES string of the molecule is C=CCN(CC(=O)O)Cc1cccc(F)c1Cl. The average molecular weight is 258 g/mol. The summed E-state index contributed by atoms with van der Waals surface area (Å²) in [5, 5.41) is 8.76. The average Bonchev–Trinajstić information content (AvgIpc) is 2.24. The van der Waals surface area contributed by atoms with Crippen LogP contribution >= 0.6 is 11.6 Å². The minimum Gasteiger partial charge on any atom is -0.480 e. The number of rotatable bonds is 6. The van der Waals surface area contributed by atoms with E-state index in [-0.39, 0.29) is 18.1 Å². The number of aliphatic carboxylic acids is 1. The summed E-state index contributed by atoms with van der Waals surface area (Å²) < 4.78 is 13.2. The van der Waals surface area contributed by atoms with Gasteiger partial charge < -0.3 is 5.11 Å². The molecule has 1 rings (SSSR count). The summed E-state index contributed by atoms with van der Waals surface area (Å²) in [4.78, 5) is 12.3. The molecule has 0 aliphatic carbocycles. The molecular formula is C12H13ClFNO2. The van der Waals surface area contributed by atoms with Crippen LogP contribution in [0, 0.1) is 5.82 Å². The number of halogens is 2. The van der Waals surface area contributed by atoms with Gasteiger partial charge in [0.25, 0.3) is 0 Å². The van der Waals surface area contributed by atoms with Gasteiger partial charge in [-0.25, -0.2) is 4.39 Å². The highest BCUT2D eigenvalue weighted by atomic mass is 35.5. The Morgan fingerprint density at radius 3 is 2.88 bits per heavy atom. The van der Waals surface area contributed by atoms with Crippen molar-refractivity contribution >= 4 is 17.6 Å². The number of carboxylic acids is 1. The Morgan fingerprint density at radius 1 is 1.59 bits per heavy atom. The van der Waals surface area contributed by atoms with E-state index in [2.05, 4.69) is 6.58 Å². The van der Waals surface area contributed by atoms with Crippen LogP contribution in [0.25, 0.3) is 0 Å². The van der Waals surface area contributed by atoms with E-state index in [1.165, 1.54) is 6.07 Å². The monoisotopic (exact) mass is 257 g/mol. The molecule has 1 N–H and O–H groups in total. The van der Waals surface area contributed by atoms with Crippen molar-refractivity contribution in [2.45, 2.75) is 6.54 Å². The maximum Gasteiger partial charge on any atom is 0.317 e. The third-order valence-corrected chi connectivity index (χ3v) is 2.59. The highest BCUT2D eigenvalue weighted by Crippen LogP contribution is 2.20. The number of hydrogen-bond donors (Lipinski definition) is 1. The molecule has 0 atom stereocenters. The van der Waals surface area contributed by atoms with Crippen molar-refractivity contribution in [3.8, 4) is 0 Å². The third-order valence-electron chi connectivity index (χ3n) is 2.17. The Morgan fingerprint density at radius 2 is 2.29 bits per heavy atom.